The van der Waals surface area contributed by atoms with E-state index >= 15 is 0 Å². The number of aromatic nitrogens is 3. The smallest absolute Gasteiger partial charge is 0.338 e. The summed E-state index contributed by atoms with van der Waals surface area (Å²) in [5.74, 6) is -0.810. The second kappa shape index (κ2) is 7.19. The number of anilines is 1. The van der Waals surface area contributed by atoms with Crippen molar-refractivity contribution in [1.82, 2.24) is 19.5 Å². The van der Waals surface area contributed by atoms with E-state index in [2.05, 4.69) is 15.4 Å². The van der Waals surface area contributed by atoms with Crippen molar-refractivity contribution in [3.05, 3.63) is 59.9 Å². The number of halogens is 3. The summed E-state index contributed by atoms with van der Waals surface area (Å²) in [7, 11) is 0. The van der Waals surface area contributed by atoms with Crippen molar-refractivity contribution < 1.29 is 22.8 Å². The lowest BCUT2D eigenvalue weighted by atomic mass is 10.1. The van der Waals surface area contributed by atoms with Gasteiger partial charge in [-0.1, -0.05) is 12.1 Å². The van der Waals surface area contributed by atoms with Crippen LogP contribution in [0.4, 0.5) is 19.0 Å². The molecule has 0 aliphatic carbocycles. The van der Waals surface area contributed by atoms with Crippen LogP contribution < -0.4 is 5.32 Å². The average Bonchev–Trinajstić information content (AvgIpc) is 3.29. The van der Waals surface area contributed by atoms with Crippen LogP contribution in [0.2, 0.25) is 0 Å². The maximum absolute atomic E-state index is 12.9. The number of carbonyl (C=O) groups is 2. The molecule has 1 aromatic carbocycles. The van der Waals surface area contributed by atoms with Gasteiger partial charge in [0.15, 0.2) is 5.65 Å². The van der Waals surface area contributed by atoms with Crippen LogP contribution >= 0.6 is 0 Å². The summed E-state index contributed by atoms with van der Waals surface area (Å²) in [4.78, 5) is 30.4. The predicted molar refractivity (Wildman–Crippen MR) is 96.6 cm³/mol. The number of alkyl halides is 3. The van der Waals surface area contributed by atoms with Crippen molar-refractivity contribution in [3.8, 4) is 0 Å². The van der Waals surface area contributed by atoms with E-state index in [4.69, 9.17) is 0 Å². The highest BCUT2D eigenvalue weighted by Crippen LogP contribution is 2.30. The van der Waals surface area contributed by atoms with Crippen molar-refractivity contribution in [1.29, 1.82) is 0 Å². The van der Waals surface area contributed by atoms with Gasteiger partial charge in [-0.3, -0.25) is 9.59 Å². The fourth-order valence-electron chi connectivity index (χ4n) is 3.32. The molecule has 1 fully saturated rings. The Labute approximate surface area is 163 Å². The third kappa shape index (κ3) is 3.91. The lowest BCUT2D eigenvalue weighted by molar-refractivity contribution is -0.137. The number of nitrogens with one attached hydrogen (secondary N) is 1. The van der Waals surface area contributed by atoms with Gasteiger partial charge in [0, 0.05) is 31.8 Å². The first kappa shape index (κ1) is 18.9. The number of amides is 2. The Morgan fingerprint density at radius 2 is 2.03 bits per heavy atom. The maximum atomic E-state index is 12.9. The number of hydrogen-bond donors (Lipinski definition) is 1. The third-order valence-corrected chi connectivity index (χ3v) is 4.75. The first-order chi connectivity index (χ1) is 13.8. The molecule has 1 saturated heterocycles. The second-order valence-corrected chi connectivity index (χ2v) is 6.79. The zero-order valence-electron chi connectivity index (χ0n) is 15.1. The van der Waals surface area contributed by atoms with Crippen molar-refractivity contribution >= 4 is 23.3 Å². The minimum Gasteiger partial charge on any atom is -0.338 e. The van der Waals surface area contributed by atoms with Crippen LogP contribution in [0.15, 0.2) is 48.8 Å². The predicted octanol–water partition coefficient (Wildman–Crippen LogP) is 2.74. The highest BCUT2D eigenvalue weighted by molar-refractivity contribution is 5.96. The van der Waals surface area contributed by atoms with Gasteiger partial charge >= 0.3 is 6.18 Å². The number of fused-ring (bicyclic) bond motifs is 1. The number of likely N-dealkylation sites (tertiary alicyclic amines) is 1. The summed E-state index contributed by atoms with van der Waals surface area (Å²) in [6.07, 6.45) is -1.37. The Hall–Kier alpha value is -3.43. The van der Waals surface area contributed by atoms with Crippen molar-refractivity contribution in [2.24, 2.45) is 5.92 Å². The van der Waals surface area contributed by atoms with Gasteiger partial charge in [-0.05, 0) is 23.8 Å². The molecule has 1 aliphatic rings. The highest BCUT2D eigenvalue weighted by atomic mass is 19.4. The third-order valence-electron chi connectivity index (χ3n) is 4.75. The number of nitrogens with zero attached hydrogens (tertiary/aromatic N) is 4. The Balaban J connectivity index is 1.44. The minimum atomic E-state index is -4.45. The van der Waals surface area contributed by atoms with E-state index < -0.39 is 17.7 Å². The quantitative estimate of drug-likeness (QED) is 0.727. The Bertz CT molecular complexity index is 1080. The van der Waals surface area contributed by atoms with E-state index in [0.717, 1.165) is 12.1 Å². The van der Waals surface area contributed by atoms with Gasteiger partial charge in [0.1, 0.15) is 5.82 Å². The first-order valence-corrected chi connectivity index (χ1v) is 8.85. The standard InChI is InChI=1S/C19H16F3N5O2/c20-19(21,22)14-3-1-2-12(8-14)10-26-11-13(9-17(26)28)18(29)25-16-4-6-23-15-5-7-24-27(15)16/h1-8,13H,9-11H2,(H,25,29). The molecule has 0 radical (unpaired) electrons. The van der Waals surface area contributed by atoms with Crippen molar-refractivity contribution in [2.75, 3.05) is 11.9 Å². The Kier molecular flexibility index (Phi) is 4.69. The monoisotopic (exact) mass is 403 g/mol. The molecule has 0 bridgehead atoms. The zero-order valence-corrected chi connectivity index (χ0v) is 15.1. The number of hydrogen-bond acceptors (Lipinski definition) is 4. The number of carbonyl (C=O) groups excluding carboxylic acids is 2. The fourth-order valence-corrected chi connectivity index (χ4v) is 3.32. The maximum Gasteiger partial charge on any atom is 0.416 e. The molecule has 29 heavy (non-hydrogen) atoms. The molecule has 3 aromatic rings. The van der Waals surface area contributed by atoms with Gasteiger partial charge in [-0.25, -0.2) is 4.98 Å². The molecule has 1 N–H and O–H groups in total. The van der Waals surface area contributed by atoms with Crippen LogP contribution in [-0.2, 0) is 22.3 Å². The van der Waals surface area contributed by atoms with E-state index in [1.54, 1.807) is 18.3 Å². The van der Waals surface area contributed by atoms with Crippen LogP contribution in [0.3, 0.4) is 0 Å². The molecule has 7 nitrogen and oxygen atoms in total. The van der Waals surface area contributed by atoms with Crippen LogP contribution in [0.1, 0.15) is 17.5 Å². The fraction of sp³-hybridized carbons (Fsp3) is 0.263. The molecule has 1 aliphatic heterocycles. The lowest BCUT2D eigenvalue weighted by Gasteiger charge is -2.18. The van der Waals surface area contributed by atoms with E-state index in [1.165, 1.54) is 27.7 Å². The lowest BCUT2D eigenvalue weighted by Crippen LogP contribution is -2.28. The summed E-state index contributed by atoms with van der Waals surface area (Å²) >= 11 is 0. The first-order valence-electron chi connectivity index (χ1n) is 8.85. The van der Waals surface area contributed by atoms with E-state index in [0.29, 0.717) is 17.0 Å². The van der Waals surface area contributed by atoms with Gasteiger partial charge in [0.25, 0.3) is 0 Å². The Morgan fingerprint density at radius 3 is 2.83 bits per heavy atom. The van der Waals surface area contributed by atoms with Crippen molar-refractivity contribution in [3.63, 3.8) is 0 Å². The number of rotatable bonds is 4. The van der Waals surface area contributed by atoms with Crippen LogP contribution in [0.25, 0.3) is 5.65 Å². The molecule has 0 saturated carbocycles. The summed E-state index contributed by atoms with van der Waals surface area (Å²) in [5, 5.41) is 6.82. The molecule has 0 spiro atoms. The summed E-state index contributed by atoms with van der Waals surface area (Å²) < 4.78 is 40.1. The molecule has 2 aromatic heterocycles. The van der Waals surface area contributed by atoms with Crippen molar-refractivity contribution in [2.45, 2.75) is 19.1 Å². The average molecular weight is 403 g/mol. The van der Waals surface area contributed by atoms with Gasteiger partial charge < -0.3 is 10.2 Å². The van der Waals surface area contributed by atoms with Gasteiger partial charge in [-0.2, -0.15) is 22.8 Å². The molecule has 1 atom stereocenters. The normalized spacial score (nSPS) is 17.1. The molecule has 3 heterocycles. The van der Waals surface area contributed by atoms with E-state index in [-0.39, 0.29) is 31.3 Å². The summed E-state index contributed by atoms with van der Waals surface area (Å²) in [5.41, 5.74) is 0.162. The topological polar surface area (TPSA) is 79.6 Å². The summed E-state index contributed by atoms with van der Waals surface area (Å²) in [6.45, 7) is 0.152. The number of benzene rings is 1. The molecule has 10 heteroatoms. The van der Waals surface area contributed by atoms with Gasteiger partial charge in [0.2, 0.25) is 11.8 Å². The highest BCUT2D eigenvalue weighted by Gasteiger charge is 2.35. The largest absolute Gasteiger partial charge is 0.416 e. The molecular weight excluding hydrogens is 387 g/mol. The summed E-state index contributed by atoms with van der Waals surface area (Å²) in [6, 6.07) is 8.12. The van der Waals surface area contributed by atoms with Crippen LogP contribution in [0.5, 0.6) is 0 Å². The van der Waals surface area contributed by atoms with E-state index in [1.807, 2.05) is 0 Å². The molecule has 2 amide bonds. The zero-order chi connectivity index (χ0) is 20.6. The minimum absolute atomic E-state index is 0.00186. The van der Waals surface area contributed by atoms with Crippen LogP contribution in [-0.4, -0.2) is 37.9 Å². The Morgan fingerprint density at radius 1 is 1.21 bits per heavy atom. The molecule has 4 rings (SSSR count). The molecule has 150 valence electrons. The molecular formula is C19H16F3N5O2. The van der Waals surface area contributed by atoms with E-state index in [9.17, 15) is 22.8 Å². The van der Waals surface area contributed by atoms with Crippen LogP contribution in [0, 0.1) is 5.92 Å². The van der Waals surface area contributed by atoms with Gasteiger partial charge in [0.05, 0.1) is 17.7 Å². The van der Waals surface area contributed by atoms with Gasteiger partial charge in [-0.15, -0.1) is 0 Å². The molecule has 1 unspecified atom stereocenters. The second-order valence-electron chi connectivity index (χ2n) is 6.79. The SMILES string of the molecule is O=C(Nc1ccnc2ccnn12)C1CC(=O)N(Cc2cccc(C(F)(F)F)c2)C1.